The van der Waals surface area contributed by atoms with Gasteiger partial charge in [-0.15, -0.1) is 0 Å². The van der Waals surface area contributed by atoms with Crippen molar-refractivity contribution in [3.8, 4) is 11.5 Å². The predicted octanol–water partition coefficient (Wildman–Crippen LogP) is 8.55. The Morgan fingerprint density at radius 1 is 0.500 bits per heavy atom. The number of carbonyl (C=O) groups excluding carboxylic acids is 4. The van der Waals surface area contributed by atoms with Gasteiger partial charge in [0.05, 0.1) is 20.1 Å². The van der Waals surface area contributed by atoms with E-state index in [4.69, 9.17) is 55.9 Å². The van der Waals surface area contributed by atoms with E-state index in [-0.39, 0.29) is 21.6 Å². The van der Waals surface area contributed by atoms with Crippen molar-refractivity contribution in [2.24, 2.45) is 0 Å². The van der Waals surface area contributed by atoms with Crippen LogP contribution < -0.4 is 9.47 Å². The standard InChI is InChI=1S/C34H22Cl4O8/c35-27-13-7-23(17-29(27)37)31(39)15-5-21-1-9-25(10-2-21)43-19-33(41)45-46-34(42)20-44-26-11-3-22(4-12-26)6-16-32(40)24-8-14-28(36)30(38)18-24/h1-18H,19-20H2/b15-5+,16-6+. The molecule has 4 aromatic rings. The molecule has 8 nitrogen and oxygen atoms in total. The molecule has 0 spiro atoms. The van der Waals surface area contributed by atoms with Gasteiger partial charge in [-0.1, -0.05) is 82.8 Å². The Morgan fingerprint density at radius 2 is 0.870 bits per heavy atom. The Balaban J connectivity index is 1.14. The fourth-order valence-electron chi connectivity index (χ4n) is 3.61. The first-order valence-electron chi connectivity index (χ1n) is 13.3. The van der Waals surface area contributed by atoms with Crippen LogP contribution in [0.1, 0.15) is 31.8 Å². The summed E-state index contributed by atoms with van der Waals surface area (Å²) in [6, 6.07) is 22.3. The molecule has 0 aliphatic heterocycles. The first kappa shape index (κ1) is 34.3. The van der Waals surface area contributed by atoms with E-state index in [1.807, 2.05) is 0 Å². The highest BCUT2D eigenvalue weighted by Crippen LogP contribution is 2.24. The molecular weight excluding hydrogens is 678 g/mol. The fraction of sp³-hybridized carbons (Fsp3) is 0.0588. The van der Waals surface area contributed by atoms with Gasteiger partial charge in [-0.3, -0.25) is 9.59 Å². The molecule has 0 heterocycles. The van der Waals surface area contributed by atoms with E-state index in [9.17, 15) is 19.2 Å². The summed E-state index contributed by atoms with van der Waals surface area (Å²) in [7, 11) is 0. The number of halogens is 4. The minimum atomic E-state index is -0.948. The van der Waals surface area contributed by atoms with Crippen molar-refractivity contribution in [1.29, 1.82) is 0 Å². The maximum absolute atomic E-state index is 12.3. The lowest BCUT2D eigenvalue weighted by Crippen LogP contribution is -2.21. The molecule has 0 amide bonds. The van der Waals surface area contributed by atoms with E-state index in [0.29, 0.717) is 43.8 Å². The Labute approximate surface area is 283 Å². The molecule has 234 valence electrons. The summed E-state index contributed by atoms with van der Waals surface area (Å²) < 4.78 is 10.7. The molecule has 0 bridgehead atoms. The zero-order chi connectivity index (χ0) is 33.1. The second-order valence-corrected chi connectivity index (χ2v) is 10.9. The lowest BCUT2D eigenvalue weighted by Gasteiger charge is -2.07. The lowest BCUT2D eigenvalue weighted by molar-refractivity contribution is -0.261. The summed E-state index contributed by atoms with van der Waals surface area (Å²) in [6.07, 6.45) is 6.01. The van der Waals surface area contributed by atoms with Crippen molar-refractivity contribution < 1.29 is 38.4 Å². The highest BCUT2D eigenvalue weighted by atomic mass is 35.5. The Bertz CT molecular complexity index is 1670. The molecule has 0 radical (unpaired) electrons. The minimum Gasteiger partial charge on any atom is -0.482 e. The van der Waals surface area contributed by atoms with E-state index in [0.717, 1.165) is 0 Å². The normalized spacial score (nSPS) is 11.0. The van der Waals surface area contributed by atoms with Crippen molar-refractivity contribution in [2.75, 3.05) is 13.2 Å². The summed E-state index contributed by atoms with van der Waals surface area (Å²) in [5.74, 6) is -1.71. The van der Waals surface area contributed by atoms with Crippen LogP contribution in [0.2, 0.25) is 20.1 Å². The summed E-state index contributed by atoms with van der Waals surface area (Å²) in [6.45, 7) is -1.05. The smallest absolute Gasteiger partial charge is 0.392 e. The van der Waals surface area contributed by atoms with E-state index in [2.05, 4.69) is 9.78 Å². The van der Waals surface area contributed by atoms with E-state index < -0.39 is 25.2 Å². The molecule has 12 heteroatoms. The van der Waals surface area contributed by atoms with Gasteiger partial charge in [-0.05, 0) is 83.9 Å². The summed E-state index contributed by atoms with van der Waals surface area (Å²) in [5, 5.41) is 1.29. The quantitative estimate of drug-likeness (QED) is 0.0627. The summed E-state index contributed by atoms with van der Waals surface area (Å²) in [4.78, 5) is 57.4. The average molecular weight is 700 g/mol. The van der Waals surface area contributed by atoms with Gasteiger partial charge in [0.1, 0.15) is 11.5 Å². The van der Waals surface area contributed by atoms with Crippen LogP contribution in [0, 0.1) is 0 Å². The molecule has 0 aliphatic rings. The molecule has 0 saturated heterocycles. The Kier molecular flexibility index (Phi) is 12.4. The van der Waals surface area contributed by atoms with Crippen LogP contribution in [0.5, 0.6) is 11.5 Å². The molecule has 0 unspecified atom stereocenters. The van der Waals surface area contributed by atoms with E-state index >= 15 is 0 Å². The molecule has 0 atom stereocenters. The number of ether oxygens (including phenoxy) is 2. The molecule has 0 saturated carbocycles. The fourth-order valence-corrected chi connectivity index (χ4v) is 4.21. The van der Waals surface area contributed by atoms with Crippen LogP contribution in [0.4, 0.5) is 0 Å². The number of ketones is 2. The lowest BCUT2D eigenvalue weighted by atomic mass is 10.1. The van der Waals surface area contributed by atoms with Crippen molar-refractivity contribution in [3.05, 3.63) is 139 Å². The molecule has 0 fully saturated rings. The molecular formula is C34H22Cl4O8. The van der Waals surface area contributed by atoms with E-state index in [1.54, 1.807) is 84.9 Å². The second-order valence-electron chi connectivity index (χ2n) is 9.28. The van der Waals surface area contributed by atoms with Crippen molar-refractivity contribution >= 4 is 82.1 Å². The van der Waals surface area contributed by atoms with Crippen LogP contribution in [-0.2, 0) is 19.4 Å². The molecule has 0 aliphatic carbocycles. The number of hydrogen-bond acceptors (Lipinski definition) is 8. The number of hydrogen-bond donors (Lipinski definition) is 0. The SMILES string of the molecule is O=C(COc1ccc(/C=C/C(=O)c2ccc(Cl)c(Cl)c2)cc1)OOC(=O)COc1ccc(/C=C/C(=O)c2ccc(Cl)c(Cl)c2)cc1. The zero-order valence-electron chi connectivity index (χ0n) is 23.6. The number of rotatable bonds is 12. The average Bonchev–Trinajstić information content (AvgIpc) is 3.06. The zero-order valence-corrected chi connectivity index (χ0v) is 26.6. The van der Waals surface area contributed by atoms with Gasteiger partial charge >= 0.3 is 11.9 Å². The highest BCUT2D eigenvalue weighted by Gasteiger charge is 2.12. The first-order valence-corrected chi connectivity index (χ1v) is 14.8. The van der Waals surface area contributed by atoms with Gasteiger partial charge < -0.3 is 9.47 Å². The van der Waals surface area contributed by atoms with Gasteiger partial charge in [-0.25, -0.2) is 19.4 Å². The largest absolute Gasteiger partial charge is 0.482 e. The highest BCUT2D eigenvalue weighted by molar-refractivity contribution is 6.42. The monoisotopic (exact) mass is 698 g/mol. The third kappa shape index (κ3) is 10.5. The topological polar surface area (TPSA) is 105 Å². The summed E-state index contributed by atoms with van der Waals surface area (Å²) >= 11 is 23.7. The maximum Gasteiger partial charge on any atom is 0.392 e. The molecule has 4 aromatic carbocycles. The second kappa shape index (κ2) is 16.6. The van der Waals surface area contributed by atoms with Gasteiger partial charge in [0.2, 0.25) is 0 Å². The Morgan fingerprint density at radius 3 is 1.22 bits per heavy atom. The van der Waals surface area contributed by atoms with Crippen LogP contribution in [-0.4, -0.2) is 36.7 Å². The molecule has 4 rings (SSSR count). The molecule has 0 aromatic heterocycles. The van der Waals surface area contributed by atoms with Crippen LogP contribution >= 0.6 is 46.4 Å². The third-order valence-electron chi connectivity index (χ3n) is 5.96. The summed E-state index contributed by atoms with van der Waals surface area (Å²) in [5.41, 5.74) is 2.20. The van der Waals surface area contributed by atoms with Gasteiger partial charge in [0.25, 0.3) is 0 Å². The van der Waals surface area contributed by atoms with Crippen LogP contribution in [0.3, 0.4) is 0 Å². The van der Waals surface area contributed by atoms with Crippen LogP contribution in [0.15, 0.2) is 97.1 Å². The van der Waals surface area contributed by atoms with Gasteiger partial charge in [-0.2, -0.15) is 0 Å². The van der Waals surface area contributed by atoms with Gasteiger partial charge in [0, 0.05) is 11.1 Å². The third-order valence-corrected chi connectivity index (χ3v) is 7.44. The van der Waals surface area contributed by atoms with Gasteiger partial charge in [0.15, 0.2) is 24.8 Å². The predicted molar refractivity (Wildman–Crippen MR) is 176 cm³/mol. The number of allylic oxidation sites excluding steroid dienone is 2. The van der Waals surface area contributed by atoms with E-state index in [1.165, 1.54) is 24.3 Å². The van der Waals surface area contributed by atoms with Crippen LogP contribution in [0.25, 0.3) is 12.2 Å². The van der Waals surface area contributed by atoms with Crippen molar-refractivity contribution in [2.45, 2.75) is 0 Å². The van der Waals surface area contributed by atoms with Crippen molar-refractivity contribution in [3.63, 3.8) is 0 Å². The number of carbonyl (C=O) groups is 4. The Hall–Kier alpha value is -4.60. The first-order chi connectivity index (χ1) is 22.1. The minimum absolute atomic E-state index is 0.251. The molecule has 0 N–H and O–H groups in total. The van der Waals surface area contributed by atoms with Crippen molar-refractivity contribution in [1.82, 2.24) is 0 Å². The maximum atomic E-state index is 12.3. The number of benzene rings is 4. The molecule has 46 heavy (non-hydrogen) atoms.